The molecule has 1 fully saturated rings. The summed E-state index contributed by atoms with van der Waals surface area (Å²) in [5, 5.41) is 2.79. The van der Waals surface area contributed by atoms with Crippen molar-refractivity contribution < 1.29 is 19.1 Å². The number of methoxy groups -OCH3 is 1. The van der Waals surface area contributed by atoms with E-state index in [1.807, 2.05) is 32.0 Å². The zero-order chi connectivity index (χ0) is 14.0. The van der Waals surface area contributed by atoms with Crippen molar-refractivity contribution in [3.8, 4) is 0 Å². The van der Waals surface area contributed by atoms with Gasteiger partial charge in [-0.3, -0.25) is 9.59 Å². The Morgan fingerprint density at radius 2 is 2.00 bits per heavy atom. The van der Waals surface area contributed by atoms with Crippen molar-refractivity contribution >= 4 is 17.6 Å². The van der Waals surface area contributed by atoms with Crippen LogP contribution in [0.2, 0.25) is 0 Å². The Labute approximate surface area is 111 Å². The number of amides is 1. The standard InChI is InChI=1S/C14H17NO4/c1-9-5-4-6-11(10(9)2)15-12(16)14(7-19-8-14)13(17)18-3/h4-6H,7-8H2,1-3H3,(H,15,16). The minimum absolute atomic E-state index is 0.0658. The first-order chi connectivity index (χ1) is 9.01. The summed E-state index contributed by atoms with van der Waals surface area (Å²) in [6.45, 7) is 4.02. The molecule has 1 aliphatic rings. The maximum Gasteiger partial charge on any atom is 0.326 e. The minimum Gasteiger partial charge on any atom is -0.468 e. The quantitative estimate of drug-likeness (QED) is 0.662. The number of rotatable bonds is 3. The third kappa shape index (κ3) is 2.21. The first-order valence-electron chi connectivity index (χ1n) is 6.05. The molecule has 0 aromatic heterocycles. The lowest BCUT2D eigenvalue weighted by Gasteiger charge is -2.36. The van der Waals surface area contributed by atoms with Gasteiger partial charge in [0.05, 0.1) is 20.3 Å². The van der Waals surface area contributed by atoms with E-state index in [0.29, 0.717) is 5.69 Å². The molecule has 2 rings (SSSR count). The smallest absolute Gasteiger partial charge is 0.326 e. The molecule has 0 saturated carbocycles. The van der Waals surface area contributed by atoms with Crippen molar-refractivity contribution in [3.63, 3.8) is 0 Å². The Balaban J connectivity index is 2.21. The van der Waals surface area contributed by atoms with Gasteiger partial charge in [-0.2, -0.15) is 0 Å². The van der Waals surface area contributed by atoms with Gasteiger partial charge >= 0.3 is 5.97 Å². The van der Waals surface area contributed by atoms with Gasteiger partial charge in [0.25, 0.3) is 0 Å². The van der Waals surface area contributed by atoms with Gasteiger partial charge in [-0.05, 0) is 31.0 Å². The summed E-state index contributed by atoms with van der Waals surface area (Å²) < 4.78 is 9.70. The van der Waals surface area contributed by atoms with Crippen molar-refractivity contribution in [1.29, 1.82) is 0 Å². The van der Waals surface area contributed by atoms with Gasteiger partial charge in [0.2, 0.25) is 5.91 Å². The van der Waals surface area contributed by atoms with Crippen molar-refractivity contribution in [1.82, 2.24) is 0 Å². The monoisotopic (exact) mass is 263 g/mol. The molecule has 1 aliphatic heterocycles. The van der Waals surface area contributed by atoms with Crippen molar-refractivity contribution in [3.05, 3.63) is 29.3 Å². The molecule has 1 N–H and O–H groups in total. The van der Waals surface area contributed by atoms with Crippen molar-refractivity contribution in [2.75, 3.05) is 25.6 Å². The van der Waals surface area contributed by atoms with Gasteiger partial charge in [0.1, 0.15) is 0 Å². The lowest BCUT2D eigenvalue weighted by molar-refractivity contribution is -0.185. The molecule has 0 unspecified atom stereocenters. The molecule has 102 valence electrons. The number of ether oxygens (including phenoxy) is 2. The van der Waals surface area contributed by atoms with Crippen LogP contribution in [0, 0.1) is 19.3 Å². The van der Waals surface area contributed by atoms with Crippen LogP contribution in [0.15, 0.2) is 18.2 Å². The fraction of sp³-hybridized carbons (Fsp3) is 0.429. The fourth-order valence-electron chi connectivity index (χ4n) is 1.97. The van der Waals surface area contributed by atoms with E-state index in [0.717, 1.165) is 11.1 Å². The Morgan fingerprint density at radius 3 is 2.53 bits per heavy atom. The predicted octanol–water partition coefficient (Wildman–Crippen LogP) is 1.43. The summed E-state index contributed by atoms with van der Waals surface area (Å²) in [7, 11) is 1.27. The van der Waals surface area contributed by atoms with E-state index in [9.17, 15) is 9.59 Å². The zero-order valence-electron chi connectivity index (χ0n) is 11.3. The maximum atomic E-state index is 12.3. The highest BCUT2D eigenvalue weighted by Crippen LogP contribution is 2.31. The second-order valence-corrected chi connectivity index (χ2v) is 4.77. The number of hydrogen-bond acceptors (Lipinski definition) is 4. The summed E-state index contributed by atoms with van der Waals surface area (Å²) in [5.74, 6) is -0.930. The molecule has 1 aromatic rings. The van der Waals surface area contributed by atoms with E-state index >= 15 is 0 Å². The molecule has 1 aromatic carbocycles. The van der Waals surface area contributed by atoms with Gasteiger partial charge in [0, 0.05) is 5.69 Å². The second-order valence-electron chi connectivity index (χ2n) is 4.77. The van der Waals surface area contributed by atoms with Crippen LogP contribution >= 0.6 is 0 Å². The molecule has 0 radical (unpaired) electrons. The van der Waals surface area contributed by atoms with Gasteiger partial charge < -0.3 is 14.8 Å². The molecular formula is C14H17NO4. The predicted molar refractivity (Wildman–Crippen MR) is 69.8 cm³/mol. The molecule has 1 heterocycles. The Kier molecular flexibility index (Phi) is 3.57. The third-order valence-corrected chi connectivity index (χ3v) is 3.56. The van der Waals surface area contributed by atoms with Gasteiger partial charge in [-0.1, -0.05) is 12.1 Å². The number of aryl methyl sites for hydroxylation is 1. The molecule has 0 spiro atoms. The van der Waals surface area contributed by atoms with Crippen LogP contribution in [0.1, 0.15) is 11.1 Å². The first kappa shape index (κ1) is 13.5. The van der Waals surface area contributed by atoms with E-state index in [-0.39, 0.29) is 19.1 Å². The number of esters is 1. The molecule has 1 amide bonds. The average molecular weight is 263 g/mol. The normalized spacial score (nSPS) is 16.4. The highest BCUT2D eigenvalue weighted by atomic mass is 16.5. The second kappa shape index (κ2) is 5.01. The molecule has 0 aliphatic carbocycles. The number of carbonyl (C=O) groups is 2. The summed E-state index contributed by atoms with van der Waals surface area (Å²) in [6.07, 6.45) is 0. The molecule has 0 atom stereocenters. The molecule has 1 saturated heterocycles. The molecule has 5 heteroatoms. The van der Waals surface area contributed by atoms with Crippen LogP contribution in [-0.2, 0) is 19.1 Å². The summed E-state index contributed by atoms with van der Waals surface area (Å²) >= 11 is 0. The third-order valence-electron chi connectivity index (χ3n) is 3.56. The lowest BCUT2D eigenvalue weighted by Crippen LogP contribution is -2.57. The van der Waals surface area contributed by atoms with E-state index in [1.54, 1.807) is 0 Å². The van der Waals surface area contributed by atoms with Crippen LogP contribution in [0.5, 0.6) is 0 Å². The zero-order valence-corrected chi connectivity index (χ0v) is 11.3. The first-order valence-corrected chi connectivity index (χ1v) is 6.05. The van der Waals surface area contributed by atoms with Crippen LogP contribution < -0.4 is 5.32 Å². The highest BCUT2D eigenvalue weighted by molar-refractivity contribution is 6.10. The Hall–Kier alpha value is -1.88. The minimum atomic E-state index is -1.20. The molecule has 19 heavy (non-hydrogen) atoms. The van der Waals surface area contributed by atoms with Gasteiger partial charge in [0.15, 0.2) is 5.41 Å². The topological polar surface area (TPSA) is 64.6 Å². The van der Waals surface area contributed by atoms with Crippen molar-refractivity contribution in [2.24, 2.45) is 5.41 Å². The maximum absolute atomic E-state index is 12.3. The van der Waals surface area contributed by atoms with Gasteiger partial charge in [-0.15, -0.1) is 0 Å². The Morgan fingerprint density at radius 1 is 1.32 bits per heavy atom. The van der Waals surface area contributed by atoms with Crippen LogP contribution in [0.25, 0.3) is 0 Å². The summed E-state index contributed by atoms with van der Waals surface area (Å²) in [6, 6.07) is 5.64. The number of hydrogen-bond donors (Lipinski definition) is 1. The number of benzene rings is 1. The van der Waals surface area contributed by atoms with E-state index in [1.165, 1.54) is 7.11 Å². The summed E-state index contributed by atoms with van der Waals surface area (Å²) in [5.41, 5.74) is 1.57. The molecule has 0 bridgehead atoms. The van der Waals surface area contributed by atoms with Crippen LogP contribution in [-0.4, -0.2) is 32.2 Å². The van der Waals surface area contributed by atoms with E-state index in [4.69, 9.17) is 9.47 Å². The fourth-order valence-corrected chi connectivity index (χ4v) is 1.97. The number of carbonyl (C=O) groups excluding carboxylic acids is 2. The van der Waals surface area contributed by atoms with E-state index < -0.39 is 11.4 Å². The highest BCUT2D eigenvalue weighted by Gasteiger charge is 2.54. The van der Waals surface area contributed by atoms with Crippen molar-refractivity contribution in [2.45, 2.75) is 13.8 Å². The molecular weight excluding hydrogens is 246 g/mol. The average Bonchev–Trinajstić information content (AvgIpc) is 2.33. The largest absolute Gasteiger partial charge is 0.468 e. The molecule has 5 nitrogen and oxygen atoms in total. The van der Waals surface area contributed by atoms with Crippen LogP contribution in [0.4, 0.5) is 5.69 Å². The summed E-state index contributed by atoms with van der Waals surface area (Å²) in [4.78, 5) is 24.0. The SMILES string of the molecule is COC(=O)C1(C(=O)Nc2cccc(C)c2C)COC1. The van der Waals surface area contributed by atoms with E-state index in [2.05, 4.69) is 5.32 Å². The van der Waals surface area contributed by atoms with Crippen LogP contribution in [0.3, 0.4) is 0 Å². The number of anilines is 1. The Bertz CT molecular complexity index is 520. The lowest BCUT2D eigenvalue weighted by atomic mass is 9.84. The van der Waals surface area contributed by atoms with Gasteiger partial charge in [-0.25, -0.2) is 0 Å². The number of nitrogens with one attached hydrogen (secondary N) is 1.